The summed E-state index contributed by atoms with van der Waals surface area (Å²) < 4.78 is 0. The highest BCUT2D eigenvalue weighted by atomic mass is 16.6. The van der Waals surface area contributed by atoms with Crippen molar-refractivity contribution in [3.8, 4) is 0 Å². The number of rotatable bonds is 5. The molecule has 1 atom stereocenters. The normalized spacial score (nSPS) is 18.0. The Hall–Kier alpha value is -1.95. The van der Waals surface area contributed by atoms with Crippen molar-refractivity contribution in [2.45, 2.75) is 38.6 Å². The van der Waals surface area contributed by atoms with Gasteiger partial charge in [0.1, 0.15) is 0 Å². The van der Waals surface area contributed by atoms with Gasteiger partial charge in [0.2, 0.25) is 0 Å². The number of likely N-dealkylation sites (tertiary alicyclic amines) is 1. The van der Waals surface area contributed by atoms with Crippen molar-refractivity contribution in [1.82, 2.24) is 4.90 Å². The summed E-state index contributed by atoms with van der Waals surface area (Å²) in [5.41, 5.74) is 1.15. The van der Waals surface area contributed by atoms with Crippen LogP contribution in [0.5, 0.6) is 0 Å². The fraction of sp³-hybridized carbons (Fsp3) is 0.533. The van der Waals surface area contributed by atoms with Crippen LogP contribution < -0.4 is 0 Å². The van der Waals surface area contributed by atoms with E-state index < -0.39 is 4.92 Å². The molecule has 2 rings (SSSR count). The molecular formula is C15H20N2O4. The molecule has 0 aliphatic carbocycles. The van der Waals surface area contributed by atoms with Crippen LogP contribution in [0.3, 0.4) is 0 Å². The molecule has 1 aromatic carbocycles. The van der Waals surface area contributed by atoms with Crippen LogP contribution in [-0.4, -0.2) is 40.0 Å². The van der Waals surface area contributed by atoms with Gasteiger partial charge < -0.3 is 10.0 Å². The first-order valence-corrected chi connectivity index (χ1v) is 7.21. The van der Waals surface area contributed by atoms with E-state index in [1.54, 1.807) is 6.92 Å². The van der Waals surface area contributed by atoms with Crippen LogP contribution >= 0.6 is 0 Å². The number of hydrogen-bond acceptors (Lipinski definition) is 4. The molecular weight excluding hydrogens is 272 g/mol. The highest BCUT2D eigenvalue weighted by Gasteiger charge is 2.29. The molecule has 6 nitrogen and oxygen atoms in total. The Labute approximate surface area is 123 Å². The van der Waals surface area contributed by atoms with Crippen LogP contribution in [0.1, 0.15) is 41.6 Å². The van der Waals surface area contributed by atoms with E-state index in [1.807, 2.05) is 4.90 Å². The van der Waals surface area contributed by atoms with E-state index in [0.29, 0.717) is 24.1 Å². The summed E-state index contributed by atoms with van der Waals surface area (Å²) in [5, 5.41) is 19.7. The van der Waals surface area contributed by atoms with Gasteiger partial charge in [-0.3, -0.25) is 14.9 Å². The fourth-order valence-corrected chi connectivity index (χ4v) is 2.89. The third-order valence-electron chi connectivity index (χ3n) is 3.98. The van der Waals surface area contributed by atoms with Crippen molar-refractivity contribution in [3.63, 3.8) is 0 Å². The molecule has 1 amide bonds. The molecule has 0 saturated carbocycles. The second-order valence-electron chi connectivity index (χ2n) is 5.42. The number of aliphatic hydroxyl groups excluding tert-OH is 1. The van der Waals surface area contributed by atoms with E-state index >= 15 is 0 Å². The van der Waals surface area contributed by atoms with Gasteiger partial charge >= 0.3 is 0 Å². The predicted octanol–water partition coefficient (Wildman–Crippen LogP) is 2.28. The minimum Gasteiger partial charge on any atom is -0.396 e. The van der Waals surface area contributed by atoms with Gasteiger partial charge in [0.15, 0.2) is 0 Å². The van der Waals surface area contributed by atoms with E-state index in [-0.39, 0.29) is 24.2 Å². The van der Waals surface area contributed by atoms with Gasteiger partial charge in [0.05, 0.1) is 4.92 Å². The van der Waals surface area contributed by atoms with Crippen LogP contribution in [-0.2, 0) is 0 Å². The molecule has 1 aliphatic heterocycles. The van der Waals surface area contributed by atoms with Gasteiger partial charge in [-0.1, -0.05) is 0 Å². The van der Waals surface area contributed by atoms with Crippen molar-refractivity contribution >= 4 is 11.6 Å². The number of carbonyl (C=O) groups is 1. The Kier molecular flexibility index (Phi) is 4.90. The minimum absolute atomic E-state index is 0.00213. The second-order valence-corrected chi connectivity index (χ2v) is 5.42. The molecule has 6 heteroatoms. The van der Waals surface area contributed by atoms with E-state index in [4.69, 9.17) is 5.11 Å². The summed E-state index contributed by atoms with van der Waals surface area (Å²) in [4.78, 5) is 24.7. The first kappa shape index (κ1) is 15.4. The number of aryl methyl sites for hydroxylation is 1. The second kappa shape index (κ2) is 6.67. The maximum atomic E-state index is 12.6. The molecule has 1 heterocycles. The van der Waals surface area contributed by atoms with Gasteiger partial charge in [-0.05, 0) is 44.2 Å². The quantitative estimate of drug-likeness (QED) is 0.666. The lowest BCUT2D eigenvalue weighted by molar-refractivity contribution is -0.384. The molecule has 0 bridgehead atoms. The highest BCUT2D eigenvalue weighted by molar-refractivity contribution is 5.96. The zero-order chi connectivity index (χ0) is 15.4. The standard InChI is InChI=1S/C15H20N2O4/c1-11-10-13(17(20)21)6-7-14(11)15(19)16-8-2-4-12(16)5-3-9-18/h6-7,10,12,18H,2-5,8-9H2,1H3. The lowest BCUT2D eigenvalue weighted by atomic mass is 10.0. The molecule has 21 heavy (non-hydrogen) atoms. The lowest BCUT2D eigenvalue weighted by Crippen LogP contribution is -2.36. The summed E-state index contributed by atoms with van der Waals surface area (Å²) in [7, 11) is 0. The number of hydrogen-bond donors (Lipinski definition) is 1. The maximum absolute atomic E-state index is 12.6. The number of amides is 1. The van der Waals surface area contributed by atoms with E-state index in [1.165, 1.54) is 18.2 Å². The third-order valence-corrected chi connectivity index (χ3v) is 3.98. The lowest BCUT2D eigenvalue weighted by Gasteiger charge is -2.25. The molecule has 1 aromatic rings. The number of aliphatic hydroxyl groups is 1. The van der Waals surface area contributed by atoms with Crippen LogP contribution in [0.2, 0.25) is 0 Å². The zero-order valence-corrected chi connectivity index (χ0v) is 12.1. The third kappa shape index (κ3) is 3.39. The predicted molar refractivity (Wildman–Crippen MR) is 78.2 cm³/mol. The molecule has 114 valence electrons. The Morgan fingerprint density at radius 2 is 2.29 bits per heavy atom. The van der Waals surface area contributed by atoms with E-state index in [2.05, 4.69) is 0 Å². The van der Waals surface area contributed by atoms with Crippen molar-refractivity contribution in [2.75, 3.05) is 13.2 Å². The number of nitro groups is 1. The zero-order valence-electron chi connectivity index (χ0n) is 12.1. The Morgan fingerprint density at radius 3 is 2.90 bits per heavy atom. The number of carbonyl (C=O) groups excluding carboxylic acids is 1. The summed E-state index contributed by atoms with van der Waals surface area (Å²) in [6.07, 6.45) is 3.41. The Morgan fingerprint density at radius 1 is 1.52 bits per heavy atom. The smallest absolute Gasteiger partial charge is 0.269 e. The van der Waals surface area contributed by atoms with E-state index in [9.17, 15) is 14.9 Å². The van der Waals surface area contributed by atoms with Crippen molar-refractivity contribution in [1.29, 1.82) is 0 Å². The highest BCUT2D eigenvalue weighted by Crippen LogP contribution is 2.25. The monoisotopic (exact) mass is 292 g/mol. The number of benzene rings is 1. The van der Waals surface area contributed by atoms with Crippen molar-refractivity contribution in [2.24, 2.45) is 0 Å². The number of non-ortho nitro benzene ring substituents is 1. The summed E-state index contributed by atoms with van der Waals surface area (Å²) in [6, 6.07) is 4.52. The van der Waals surface area contributed by atoms with Crippen LogP contribution in [0.25, 0.3) is 0 Å². The minimum atomic E-state index is -0.457. The van der Waals surface area contributed by atoms with Gasteiger partial charge in [-0.15, -0.1) is 0 Å². The van der Waals surface area contributed by atoms with Gasteiger partial charge in [-0.25, -0.2) is 0 Å². The Balaban J connectivity index is 2.17. The van der Waals surface area contributed by atoms with E-state index in [0.717, 1.165) is 19.3 Å². The number of nitrogens with zero attached hydrogens (tertiary/aromatic N) is 2. The molecule has 1 aliphatic rings. The Bertz CT molecular complexity index is 544. The molecule has 0 aromatic heterocycles. The number of nitro benzene ring substituents is 1. The van der Waals surface area contributed by atoms with Crippen molar-refractivity contribution in [3.05, 3.63) is 39.4 Å². The van der Waals surface area contributed by atoms with Crippen molar-refractivity contribution < 1.29 is 14.8 Å². The molecule has 1 N–H and O–H groups in total. The van der Waals surface area contributed by atoms with Crippen LogP contribution in [0.4, 0.5) is 5.69 Å². The SMILES string of the molecule is Cc1cc([N+](=O)[O-])ccc1C(=O)N1CCCC1CCCO. The van der Waals surface area contributed by atoms with Gasteiger partial charge in [0, 0.05) is 36.9 Å². The topological polar surface area (TPSA) is 83.7 Å². The largest absolute Gasteiger partial charge is 0.396 e. The average molecular weight is 292 g/mol. The summed E-state index contributed by atoms with van der Waals surface area (Å²) >= 11 is 0. The summed E-state index contributed by atoms with van der Waals surface area (Å²) in [5.74, 6) is -0.0668. The molecule has 0 radical (unpaired) electrons. The molecule has 1 fully saturated rings. The maximum Gasteiger partial charge on any atom is 0.269 e. The fourth-order valence-electron chi connectivity index (χ4n) is 2.89. The molecule has 0 spiro atoms. The summed E-state index contributed by atoms with van der Waals surface area (Å²) in [6.45, 7) is 2.57. The first-order chi connectivity index (χ1) is 10.0. The van der Waals surface area contributed by atoms with Gasteiger partial charge in [-0.2, -0.15) is 0 Å². The van der Waals surface area contributed by atoms with Crippen LogP contribution in [0, 0.1) is 17.0 Å². The van der Waals surface area contributed by atoms with Gasteiger partial charge in [0.25, 0.3) is 11.6 Å². The molecule has 1 saturated heterocycles. The average Bonchev–Trinajstić information content (AvgIpc) is 2.92. The first-order valence-electron chi connectivity index (χ1n) is 7.21. The molecule has 1 unspecified atom stereocenters. The van der Waals surface area contributed by atoms with Crippen LogP contribution in [0.15, 0.2) is 18.2 Å².